The van der Waals surface area contributed by atoms with Crippen molar-refractivity contribution in [1.29, 1.82) is 0 Å². The second-order valence-corrected chi connectivity index (χ2v) is 9.02. The molecule has 4 nitrogen and oxygen atoms in total. The molecule has 154 valence electrons. The first kappa shape index (κ1) is 21.0. The van der Waals surface area contributed by atoms with E-state index in [1.165, 1.54) is 17.7 Å². The number of benzene rings is 1. The average molecular weight is 386 g/mol. The second kappa shape index (κ2) is 8.36. The van der Waals surface area contributed by atoms with Gasteiger partial charge in [-0.05, 0) is 62.5 Å². The summed E-state index contributed by atoms with van der Waals surface area (Å²) in [5.74, 6) is 0.384. The zero-order valence-corrected chi connectivity index (χ0v) is 17.9. The summed E-state index contributed by atoms with van der Waals surface area (Å²) in [6.45, 7) is 10.0. The van der Waals surface area contributed by atoms with Gasteiger partial charge in [-0.25, -0.2) is 0 Å². The monoisotopic (exact) mass is 385 g/mol. The van der Waals surface area contributed by atoms with Crippen LogP contribution in [-0.2, 0) is 4.74 Å². The highest BCUT2D eigenvalue weighted by molar-refractivity contribution is 6.21. The van der Waals surface area contributed by atoms with E-state index < -0.39 is 0 Å². The third-order valence-corrected chi connectivity index (χ3v) is 6.61. The maximum Gasteiger partial charge on any atom is 0.261 e. The highest BCUT2D eigenvalue weighted by Gasteiger charge is 2.61. The van der Waals surface area contributed by atoms with Crippen molar-refractivity contribution in [1.82, 2.24) is 4.90 Å². The van der Waals surface area contributed by atoms with E-state index in [1.807, 2.05) is 12.1 Å². The second-order valence-electron chi connectivity index (χ2n) is 9.02. The highest BCUT2D eigenvalue weighted by atomic mass is 16.5. The molecule has 1 aliphatic heterocycles. The van der Waals surface area contributed by atoms with E-state index in [0.29, 0.717) is 23.6 Å². The Bertz CT molecular complexity index is 693. The van der Waals surface area contributed by atoms with Crippen molar-refractivity contribution >= 4 is 11.8 Å². The van der Waals surface area contributed by atoms with Crippen molar-refractivity contribution in [2.24, 2.45) is 11.3 Å². The Labute approximate surface area is 169 Å². The van der Waals surface area contributed by atoms with Crippen molar-refractivity contribution in [3.05, 3.63) is 35.4 Å². The zero-order chi connectivity index (χ0) is 20.4. The van der Waals surface area contributed by atoms with Gasteiger partial charge < -0.3 is 4.74 Å². The van der Waals surface area contributed by atoms with Crippen molar-refractivity contribution in [3.8, 4) is 0 Å². The first-order valence-corrected chi connectivity index (χ1v) is 11.0. The van der Waals surface area contributed by atoms with Crippen LogP contribution >= 0.6 is 0 Å². The Morgan fingerprint density at radius 1 is 1.04 bits per heavy atom. The number of carbonyl (C=O) groups excluding carboxylic acids is 2. The van der Waals surface area contributed by atoms with Gasteiger partial charge in [-0.3, -0.25) is 14.5 Å². The van der Waals surface area contributed by atoms with Gasteiger partial charge in [0.05, 0.1) is 16.7 Å². The van der Waals surface area contributed by atoms with Gasteiger partial charge in [0, 0.05) is 13.2 Å². The number of rotatable bonds is 6. The SMILES string of the molecule is CCCC.CCCOC1(C)CCC2CC2(CN2C(=O)c3ccccc3C2=O)C1. The maximum atomic E-state index is 12.6. The van der Waals surface area contributed by atoms with Crippen LogP contribution in [0.2, 0.25) is 0 Å². The molecule has 0 aromatic heterocycles. The molecule has 3 atom stereocenters. The van der Waals surface area contributed by atoms with Crippen LogP contribution < -0.4 is 0 Å². The number of carbonyl (C=O) groups is 2. The fourth-order valence-electron chi connectivity index (χ4n) is 4.79. The third kappa shape index (κ3) is 4.03. The van der Waals surface area contributed by atoms with E-state index in [1.54, 1.807) is 12.1 Å². The van der Waals surface area contributed by atoms with Crippen LogP contribution in [0.15, 0.2) is 24.3 Å². The predicted octanol–water partition coefficient (Wildman–Crippen LogP) is 5.46. The molecule has 2 saturated carbocycles. The highest BCUT2D eigenvalue weighted by Crippen LogP contribution is 2.64. The number of hydrogen-bond donors (Lipinski definition) is 0. The zero-order valence-electron chi connectivity index (χ0n) is 17.9. The molecular formula is C24H35NO3. The lowest BCUT2D eigenvalue weighted by molar-refractivity contribution is -0.0741. The van der Waals surface area contributed by atoms with E-state index in [2.05, 4.69) is 27.7 Å². The Morgan fingerprint density at radius 2 is 1.64 bits per heavy atom. The van der Waals surface area contributed by atoms with E-state index in [4.69, 9.17) is 4.74 Å². The first-order chi connectivity index (χ1) is 13.4. The number of hydrogen-bond acceptors (Lipinski definition) is 3. The topological polar surface area (TPSA) is 46.6 Å². The van der Waals surface area contributed by atoms with Gasteiger partial charge in [0.2, 0.25) is 0 Å². The molecule has 0 radical (unpaired) electrons. The van der Waals surface area contributed by atoms with E-state index in [0.717, 1.165) is 38.7 Å². The van der Waals surface area contributed by atoms with Crippen LogP contribution in [0.25, 0.3) is 0 Å². The van der Waals surface area contributed by atoms with Crippen molar-refractivity contribution in [2.45, 2.75) is 78.2 Å². The molecule has 4 rings (SSSR count). The van der Waals surface area contributed by atoms with Gasteiger partial charge in [-0.2, -0.15) is 0 Å². The minimum absolute atomic E-state index is 0.0775. The van der Waals surface area contributed by atoms with Crippen LogP contribution in [0.3, 0.4) is 0 Å². The Morgan fingerprint density at radius 3 is 2.18 bits per heavy atom. The summed E-state index contributed by atoms with van der Waals surface area (Å²) in [5.41, 5.74) is 1.07. The number of unbranched alkanes of at least 4 members (excludes halogenated alkanes) is 1. The lowest BCUT2D eigenvalue weighted by atomic mass is 9.78. The Hall–Kier alpha value is -1.68. The molecule has 2 amide bonds. The Kier molecular flexibility index (Phi) is 6.28. The summed E-state index contributed by atoms with van der Waals surface area (Å²) < 4.78 is 6.13. The summed E-state index contributed by atoms with van der Waals surface area (Å²) in [7, 11) is 0. The van der Waals surface area contributed by atoms with Gasteiger partial charge in [0.1, 0.15) is 0 Å². The number of nitrogens with zero attached hydrogens (tertiary/aromatic N) is 1. The number of amides is 2. The van der Waals surface area contributed by atoms with Crippen molar-refractivity contribution in [2.75, 3.05) is 13.2 Å². The first-order valence-electron chi connectivity index (χ1n) is 11.0. The molecule has 28 heavy (non-hydrogen) atoms. The summed E-state index contributed by atoms with van der Waals surface area (Å²) in [5, 5.41) is 0. The number of fused-ring (bicyclic) bond motifs is 2. The normalized spacial score (nSPS) is 30.4. The largest absolute Gasteiger partial charge is 0.375 e. The fourth-order valence-corrected chi connectivity index (χ4v) is 4.79. The summed E-state index contributed by atoms with van der Waals surface area (Å²) in [6.07, 6.45) is 7.96. The molecule has 0 spiro atoms. The van der Waals surface area contributed by atoms with Gasteiger partial charge in [-0.1, -0.05) is 45.7 Å². The van der Waals surface area contributed by atoms with E-state index >= 15 is 0 Å². The number of imide groups is 1. The van der Waals surface area contributed by atoms with E-state index in [-0.39, 0.29) is 22.8 Å². The van der Waals surface area contributed by atoms with Crippen LogP contribution in [-0.4, -0.2) is 35.5 Å². The summed E-state index contributed by atoms with van der Waals surface area (Å²) in [6, 6.07) is 7.16. The standard InChI is InChI=1S/C20H25NO3.C4H10/c1-3-10-24-19(2)9-8-14-11-20(14,12-19)13-21-17(22)15-6-4-5-7-16(15)18(21)23;1-3-4-2/h4-7,14H,3,8-13H2,1-2H3;3-4H2,1-2H3. The quantitative estimate of drug-likeness (QED) is 0.611. The molecule has 1 heterocycles. The Balaban J connectivity index is 0.000000516. The number of ether oxygens (including phenoxy) is 1. The van der Waals surface area contributed by atoms with Crippen molar-refractivity contribution in [3.63, 3.8) is 0 Å². The van der Waals surface area contributed by atoms with Gasteiger partial charge in [-0.15, -0.1) is 0 Å². The van der Waals surface area contributed by atoms with Crippen LogP contribution in [0.4, 0.5) is 0 Å². The molecule has 0 saturated heterocycles. The minimum Gasteiger partial charge on any atom is -0.375 e. The predicted molar refractivity (Wildman–Crippen MR) is 111 cm³/mol. The molecule has 2 fully saturated rings. The van der Waals surface area contributed by atoms with E-state index in [9.17, 15) is 9.59 Å². The molecule has 4 heteroatoms. The molecule has 3 unspecified atom stereocenters. The third-order valence-electron chi connectivity index (χ3n) is 6.61. The minimum atomic E-state index is -0.127. The molecule has 3 aliphatic rings. The lowest BCUT2D eigenvalue weighted by Crippen LogP contribution is -2.43. The average Bonchev–Trinajstić information content (AvgIpc) is 3.36. The molecule has 1 aromatic carbocycles. The lowest BCUT2D eigenvalue weighted by Gasteiger charge is -2.39. The summed E-state index contributed by atoms with van der Waals surface area (Å²) in [4.78, 5) is 26.8. The molecule has 0 bridgehead atoms. The molecule has 0 N–H and O–H groups in total. The molecule has 2 aliphatic carbocycles. The van der Waals surface area contributed by atoms with Crippen LogP contribution in [0.5, 0.6) is 0 Å². The van der Waals surface area contributed by atoms with Crippen molar-refractivity contribution < 1.29 is 14.3 Å². The van der Waals surface area contributed by atoms with Gasteiger partial charge in [0.25, 0.3) is 11.8 Å². The van der Waals surface area contributed by atoms with Gasteiger partial charge in [0.15, 0.2) is 0 Å². The smallest absolute Gasteiger partial charge is 0.261 e. The fraction of sp³-hybridized carbons (Fsp3) is 0.667. The maximum absolute atomic E-state index is 12.6. The summed E-state index contributed by atoms with van der Waals surface area (Å²) >= 11 is 0. The molecule has 1 aromatic rings. The van der Waals surface area contributed by atoms with Crippen LogP contribution in [0.1, 0.15) is 93.4 Å². The van der Waals surface area contributed by atoms with Crippen LogP contribution in [0, 0.1) is 11.3 Å². The van der Waals surface area contributed by atoms with Gasteiger partial charge >= 0.3 is 0 Å². The molecular weight excluding hydrogens is 350 g/mol.